The van der Waals surface area contributed by atoms with Crippen LogP contribution in [0.3, 0.4) is 0 Å². The number of aliphatic hydroxyl groups excluding tert-OH is 3. The molecule has 1 aliphatic rings. The van der Waals surface area contributed by atoms with Crippen LogP contribution in [0.2, 0.25) is 0 Å². The van der Waals surface area contributed by atoms with Gasteiger partial charge in [-0.25, -0.2) is 0 Å². The van der Waals surface area contributed by atoms with E-state index in [1.54, 1.807) is 0 Å². The molecule has 1 rings (SSSR count). The molecular formula is C9H19NO3. The Morgan fingerprint density at radius 3 is 2.62 bits per heavy atom. The molecule has 0 aromatic heterocycles. The summed E-state index contributed by atoms with van der Waals surface area (Å²) in [5.74, 6) is 0. The topological polar surface area (TPSA) is 72.7 Å². The Balaban J connectivity index is 2.50. The van der Waals surface area contributed by atoms with Gasteiger partial charge in [0.05, 0.1) is 18.8 Å². The quantitative estimate of drug-likeness (QED) is 0.470. The molecule has 4 N–H and O–H groups in total. The molecule has 0 bridgehead atoms. The second-order valence-electron chi connectivity index (χ2n) is 3.73. The van der Waals surface area contributed by atoms with Crippen molar-refractivity contribution in [3.8, 4) is 0 Å². The summed E-state index contributed by atoms with van der Waals surface area (Å²) in [6.45, 7) is 2.05. The van der Waals surface area contributed by atoms with Crippen molar-refractivity contribution in [3.63, 3.8) is 0 Å². The first kappa shape index (κ1) is 10.9. The van der Waals surface area contributed by atoms with Crippen LogP contribution in [0.15, 0.2) is 0 Å². The minimum atomic E-state index is -0.699. The number of aliphatic hydroxyl groups is 3. The highest BCUT2D eigenvalue weighted by molar-refractivity contribution is 4.91. The van der Waals surface area contributed by atoms with Crippen molar-refractivity contribution in [1.29, 1.82) is 0 Å². The van der Waals surface area contributed by atoms with E-state index in [9.17, 15) is 10.2 Å². The molecule has 0 aromatic carbocycles. The fourth-order valence-corrected chi connectivity index (χ4v) is 1.86. The van der Waals surface area contributed by atoms with Crippen LogP contribution in [0.25, 0.3) is 0 Å². The zero-order valence-corrected chi connectivity index (χ0v) is 7.98. The van der Waals surface area contributed by atoms with Gasteiger partial charge in [-0.15, -0.1) is 0 Å². The minimum Gasteiger partial charge on any atom is -0.395 e. The van der Waals surface area contributed by atoms with E-state index in [0.717, 1.165) is 12.8 Å². The molecule has 4 nitrogen and oxygen atoms in total. The lowest BCUT2D eigenvalue weighted by molar-refractivity contribution is -0.0471. The van der Waals surface area contributed by atoms with Crippen molar-refractivity contribution < 1.29 is 15.3 Å². The first-order valence-corrected chi connectivity index (χ1v) is 4.92. The van der Waals surface area contributed by atoms with Gasteiger partial charge < -0.3 is 20.6 Å². The lowest BCUT2D eigenvalue weighted by atomic mass is 9.91. The Labute approximate surface area is 78.6 Å². The summed E-state index contributed by atoms with van der Waals surface area (Å²) < 4.78 is 0. The Morgan fingerprint density at radius 1 is 1.38 bits per heavy atom. The van der Waals surface area contributed by atoms with Crippen molar-refractivity contribution in [1.82, 2.24) is 5.32 Å². The van der Waals surface area contributed by atoms with Gasteiger partial charge in [-0.2, -0.15) is 0 Å². The van der Waals surface area contributed by atoms with Gasteiger partial charge in [0.2, 0.25) is 0 Å². The molecule has 0 aliphatic carbocycles. The number of hydrogen-bond acceptors (Lipinski definition) is 4. The van der Waals surface area contributed by atoms with E-state index in [0.29, 0.717) is 6.42 Å². The van der Waals surface area contributed by atoms with Gasteiger partial charge in [0, 0.05) is 12.1 Å². The maximum Gasteiger partial charge on any atom is 0.0952 e. The molecule has 0 saturated carbocycles. The minimum absolute atomic E-state index is 0.0179. The number of hydrogen-bond donors (Lipinski definition) is 4. The monoisotopic (exact) mass is 189 g/mol. The molecule has 1 aliphatic heterocycles. The first-order chi connectivity index (χ1) is 6.19. The van der Waals surface area contributed by atoms with Gasteiger partial charge in [-0.1, -0.05) is 13.3 Å². The summed E-state index contributed by atoms with van der Waals surface area (Å²) in [4.78, 5) is 0. The molecular weight excluding hydrogens is 170 g/mol. The molecule has 4 heteroatoms. The van der Waals surface area contributed by atoms with Gasteiger partial charge in [0.1, 0.15) is 0 Å². The van der Waals surface area contributed by atoms with E-state index in [1.165, 1.54) is 0 Å². The van der Waals surface area contributed by atoms with E-state index in [1.807, 2.05) is 6.92 Å². The molecule has 0 aromatic rings. The van der Waals surface area contributed by atoms with Crippen LogP contribution in [-0.4, -0.2) is 46.2 Å². The molecule has 78 valence electrons. The summed E-state index contributed by atoms with van der Waals surface area (Å²) in [6, 6.07) is -0.152. The summed E-state index contributed by atoms with van der Waals surface area (Å²) in [6.07, 6.45) is 0.823. The average molecular weight is 189 g/mol. The second kappa shape index (κ2) is 4.91. The molecule has 0 unspecified atom stereocenters. The summed E-state index contributed by atoms with van der Waals surface area (Å²) in [5.41, 5.74) is 0. The molecule has 0 radical (unpaired) electrons. The largest absolute Gasteiger partial charge is 0.395 e. The highest BCUT2D eigenvalue weighted by atomic mass is 16.3. The van der Waals surface area contributed by atoms with Crippen molar-refractivity contribution in [2.45, 2.75) is 50.5 Å². The van der Waals surface area contributed by atoms with E-state index >= 15 is 0 Å². The molecule has 0 amide bonds. The summed E-state index contributed by atoms with van der Waals surface area (Å²) in [5, 5.41) is 31.1. The third-order valence-electron chi connectivity index (χ3n) is 2.60. The Hall–Kier alpha value is -0.160. The van der Waals surface area contributed by atoms with Crippen LogP contribution in [0.5, 0.6) is 0 Å². The number of rotatable bonds is 3. The fraction of sp³-hybridized carbons (Fsp3) is 1.00. The highest BCUT2D eigenvalue weighted by Crippen LogP contribution is 2.17. The van der Waals surface area contributed by atoms with Crippen LogP contribution in [0, 0.1) is 0 Å². The normalized spacial score (nSPS) is 40.6. The van der Waals surface area contributed by atoms with Crippen LogP contribution in [0.1, 0.15) is 26.2 Å². The van der Waals surface area contributed by atoms with E-state index in [2.05, 4.69) is 5.32 Å². The zero-order valence-electron chi connectivity index (χ0n) is 7.98. The SMILES string of the molecule is CCC[C@H]1N[C@H](CO)C[C@@H](O)[C@@H]1O. The van der Waals surface area contributed by atoms with Crippen molar-refractivity contribution in [3.05, 3.63) is 0 Å². The zero-order chi connectivity index (χ0) is 9.84. The predicted molar refractivity (Wildman–Crippen MR) is 49.3 cm³/mol. The van der Waals surface area contributed by atoms with Gasteiger partial charge in [0.25, 0.3) is 0 Å². The van der Waals surface area contributed by atoms with E-state index < -0.39 is 12.2 Å². The van der Waals surface area contributed by atoms with Crippen molar-refractivity contribution in [2.24, 2.45) is 0 Å². The summed E-state index contributed by atoms with van der Waals surface area (Å²) in [7, 11) is 0. The van der Waals surface area contributed by atoms with Crippen molar-refractivity contribution >= 4 is 0 Å². The summed E-state index contributed by atoms with van der Waals surface area (Å²) >= 11 is 0. The molecule has 1 heterocycles. The molecule has 4 atom stereocenters. The molecule has 13 heavy (non-hydrogen) atoms. The average Bonchev–Trinajstić information content (AvgIpc) is 2.13. The van der Waals surface area contributed by atoms with Gasteiger partial charge in [-0.3, -0.25) is 0 Å². The predicted octanol–water partition coefficient (Wildman–Crippen LogP) is -0.769. The fourth-order valence-electron chi connectivity index (χ4n) is 1.86. The molecule has 0 spiro atoms. The molecule has 1 saturated heterocycles. The maximum absolute atomic E-state index is 9.59. The van der Waals surface area contributed by atoms with Crippen LogP contribution >= 0.6 is 0 Å². The van der Waals surface area contributed by atoms with E-state index in [-0.39, 0.29) is 18.7 Å². The van der Waals surface area contributed by atoms with Crippen LogP contribution in [0.4, 0.5) is 0 Å². The number of nitrogens with one attached hydrogen (secondary N) is 1. The second-order valence-corrected chi connectivity index (χ2v) is 3.73. The maximum atomic E-state index is 9.59. The van der Waals surface area contributed by atoms with Crippen molar-refractivity contribution in [2.75, 3.05) is 6.61 Å². The lowest BCUT2D eigenvalue weighted by Crippen LogP contribution is -2.57. The first-order valence-electron chi connectivity index (χ1n) is 4.92. The van der Waals surface area contributed by atoms with Crippen LogP contribution < -0.4 is 5.32 Å². The van der Waals surface area contributed by atoms with E-state index in [4.69, 9.17) is 5.11 Å². The molecule has 1 fully saturated rings. The Morgan fingerprint density at radius 2 is 2.08 bits per heavy atom. The standard InChI is InChI=1S/C9H19NO3/c1-2-3-7-9(13)8(12)4-6(5-11)10-7/h6-13H,2-5H2,1H3/t6-,7+,8+,9+/m0/s1. The third kappa shape index (κ3) is 2.64. The number of piperidine rings is 1. The highest BCUT2D eigenvalue weighted by Gasteiger charge is 2.34. The van der Waals surface area contributed by atoms with Gasteiger partial charge in [0.15, 0.2) is 0 Å². The smallest absolute Gasteiger partial charge is 0.0952 e. The third-order valence-corrected chi connectivity index (χ3v) is 2.60. The Kier molecular flexibility index (Phi) is 4.12. The lowest BCUT2D eigenvalue weighted by Gasteiger charge is -2.37. The Bertz CT molecular complexity index is 154. The van der Waals surface area contributed by atoms with Crippen LogP contribution in [-0.2, 0) is 0 Å². The van der Waals surface area contributed by atoms with Gasteiger partial charge >= 0.3 is 0 Å². The van der Waals surface area contributed by atoms with Gasteiger partial charge in [-0.05, 0) is 12.8 Å².